The summed E-state index contributed by atoms with van der Waals surface area (Å²) < 4.78 is 0. The van der Waals surface area contributed by atoms with Crippen molar-refractivity contribution in [1.29, 1.82) is 0 Å². The molecule has 1 unspecified atom stereocenters. The van der Waals surface area contributed by atoms with E-state index in [1.165, 1.54) is 12.1 Å². The zero-order valence-electron chi connectivity index (χ0n) is 12.1. The molecule has 2 amide bonds. The van der Waals surface area contributed by atoms with Gasteiger partial charge < -0.3 is 5.11 Å². The molecular weight excluding hydrogens is 412 g/mol. The Morgan fingerprint density at radius 2 is 1.28 bits per heavy atom. The molecule has 0 aromatic heterocycles. The number of aliphatic carboxylic acids is 1. The van der Waals surface area contributed by atoms with Gasteiger partial charge in [-0.1, -0.05) is 76.7 Å². The molecule has 128 valence electrons. The number of imide groups is 1. The maximum absolute atomic E-state index is 12.8. The van der Waals surface area contributed by atoms with E-state index in [0.717, 1.165) is 0 Å². The molecule has 1 aliphatic heterocycles. The highest BCUT2D eigenvalue weighted by Gasteiger charge is 2.47. The minimum atomic E-state index is -1.54. The summed E-state index contributed by atoms with van der Waals surface area (Å²) in [6, 6.07) is 6.31. The number of nitrogens with zero attached hydrogens (tertiary/aromatic N) is 1. The number of rotatable bonds is 3. The van der Waals surface area contributed by atoms with Crippen molar-refractivity contribution in [1.82, 2.24) is 4.90 Å². The van der Waals surface area contributed by atoms with Crippen molar-refractivity contribution >= 4 is 64.2 Å². The van der Waals surface area contributed by atoms with Gasteiger partial charge in [0.1, 0.15) is 0 Å². The summed E-state index contributed by atoms with van der Waals surface area (Å²) in [6.45, 7) is 0. The van der Waals surface area contributed by atoms with E-state index >= 15 is 0 Å². The topological polar surface area (TPSA) is 74.7 Å². The third kappa shape index (κ3) is 2.68. The average molecular weight is 419 g/mol. The molecule has 0 radical (unpaired) electrons. The van der Waals surface area contributed by atoms with Gasteiger partial charge in [0.05, 0.1) is 31.2 Å². The van der Waals surface area contributed by atoms with Crippen LogP contribution in [0.4, 0.5) is 0 Å². The summed E-state index contributed by atoms with van der Waals surface area (Å²) in [5.74, 6) is -3.19. The Morgan fingerprint density at radius 1 is 0.840 bits per heavy atom. The predicted molar refractivity (Wildman–Crippen MR) is 93.8 cm³/mol. The molecule has 1 N–H and O–H groups in total. The average Bonchev–Trinajstić information content (AvgIpc) is 2.84. The van der Waals surface area contributed by atoms with Crippen LogP contribution in [-0.2, 0) is 4.79 Å². The number of carboxylic acids is 1. The molecule has 1 atom stereocenters. The number of hydrogen-bond acceptors (Lipinski definition) is 3. The first-order valence-electron chi connectivity index (χ1n) is 6.79. The Balaban J connectivity index is 2.22. The van der Waals surface area contributed by atoms with Crippen molar-refractivity contribution in [2.24, 2.45) is 0 Å². The van der Waals surface area contributed by atoms with E-state index in [4.69, 9.17) is 46.4 Å². The fraction of sp³-hybridized carbons (Fsp3) is 0.0625. The van der Waals surface area contributed by atoms with Crippen LogP contribution in [0.3, 0.4) is 0 Å². The summed E-state index contributed by atoms with van der Waals surface area (Å²) in [7, 11) is 0. The first kappa shape index (κ1) is 18.0. The minimum absolute atomic E-state index is 0.179. The van der Waals surface area contributed by atoms with Crippen LogP contribution in [0.5, 0.6) is 0 Å². The number of hydrogen-bond donors (Lipinski definition) is 1. The van der Waals surface area contributed by atoms with Crippen LogP contribution >= 0.6 is 46.4 Å². The van der Waals surface area contributed by atoms with Crippen LogP contribution in [-0.4, -0.2) is 27.8 Å². The normalized spacial score (nSPS) is 14.6. The maximum atomic E-state index is 12.8. The molecule has 0 aliphatic carbocycles. The van der Waals surface area contributed by atoms with Gasteiger partial charge in [0.15, 0.2) is 6.04 Å². The second-order valence-corrected chi connectivity index (χ2v) is 6.65. The molecule has 0 saturated heterocycles. The van der Waals surface area contributed by atoms with Crippen LogP contribution < -0.4 is 0 Å². The quantitative estimate of drug-likeness (QED) is 0.444. The van der Waals surface area contributed by atoms with E-state index in [-0.39, 0.29) is 36.8 Å². The minimum Gasteiger partial charge on any atom is -0.479 e. The van der Waals surface area contributed by atoms with Gasteiger partial charge in [-0.15, -0.1) is 0 Å². The number of carboxylic acid groups (broad SMARTS) is 1. The van der Waals surface area contributed by atoms with Crippen molar-refractivity contribution in [3.63, 3.8) is 0 Å². The van der Waals surface area contributed by atoms with E-state index < -0.39 is 23.8 Å². The second kappa shape index (κ2) is 6.50. The fourth-order valence-electron chi connectivity index (χ4n) is 2.64. The monoisotopic (exact) mass is 417 g/mol. The molecule has 1 aliphatic rings. The smallest absolute Gasteiger partial charge is 0.331 e. The van der Waals surface area contributed by atoms with Crippen LogP contribution in [0.1, 0.15) is 32.3 Å². The maximum Gasteiger partial charge on any atom is 0.331 e. The van der Waals surface area contributed by atoms with Crippen molar-refractivity contribution in [2.75, 3.05) is 0 Å². The Kier molecular flexibility index (Phi) is 4.68. The van der Waals surface area contributed by atoms with Crippen molar-refractivity contribution in [3.8, 4) is 0 Å². The fourth-order valence-corrected chi connectivity index (χ4v) is 3.65. The van der Waals surface area contributed by atoms with Gasteiger partial charge in [0.25, 0.3) is 11.8 Å². The first-order chi connectivity index (χ1) is 11.8. The molecule has 5 nitrogen and oxygen atoms in total. The van der Waals surface area contributed by atoms with Gasteiger partial charge in [-0.2, -0.15) is 0 Å². The molecule has 3 rings (SSSR count). The lowest BCUT2D eigenvalue weighted by Crippen LogP contribution is -2.38. The summed E-state index contributed by atoms with van der Waals surface area (Å²) in [4.78, 5) is 37.9. The lowest BCUT2D eigenvalue weighted by atomic mass is 10.1. The van der Waals surface area contributed by atoms with E-state index in [9.17, 15) is 19.5 Å². The van der Waals surface area contributed by atoms with E-state index in [1.807, 2.05) is 0 Å². The zero-order chi connectivity index (χ0) is 18.5. The summed E-state index contributed by atoms with van der Waals surface area (Å²) >= 11 is 24.0. The molecule has 1 heterocycles. The number of fused-ring (bicyclic) bond motifs is 1. The highest BCUT2D eigenvalue weighted by atomic mass is 35.5. The number of amides is 2. The zero-order valence-corrected chi connectivity index (χ0v) is 15.1. The second-order valence-electron chi connectivity index (χ2n) is 5.14. The molecule has 0 saturated carbocycles. The van der Waals surface area contributed by atoms with Gasteiger partial charge in [-0.25, -0.2) is 4.79 Å². The van der Waals surface area contributed by atoms with Crippen molar-refractivity contribution in [2.45, 2.75) is 6.04 Å². The molecule has 2 aromatic carbocycles. The van der Waals surface area contributed by atoms with Gasteiger partial charge in [0, 0.05) is 0 Å². The first-order valence-corrected chi connectivity index (χ1v) is 8.30. The van der Waals surface area contributed by atoms with E-state index in [2.05, 4.69) is 0 Å². The van der Waals surface area contributed by atoms with Gasteiger partial charge in [-0.05, 0) is 5.56 Å². The SMILES string of the molecule is O=C(O)C(c1ccccc1)N1C(=O)c2c(Cl)c(Cl)c(Cl)c(Cl)c2C1=O. The van der Waals surface area contributed by atoms with Gasteiger partial charge in [0.2, 0.25) is 0 Å². The number of carbonyl (C=O) groups excluding carboxylic acids is 2. The Morgan fingerprint density at radius 3 is 1.68 bits per heavy atom. The number of carbonyl (C=O) groups is 3. The van der Waals surface area contributed by atoms with Crippen LogP contribution in [0.25, 0.3) is 0 Å². The summed E-state index contributed by atoms with van der Waals surface area (Å²) in [5.41, 5.74) is -0.268. The predicted octanol–water partition coefficient (Wildman–Crippen LogP) is 4.72. The molecule has 0 spiro atoms. The van der Waals surface area contributed by atoms with E-state index in [1.54, 1.807) is 18.2 Å². The Bertz CT molecular complexity index is 883. The molecule has 25 heavy (non-hydrogen) atoms. The third-order valence-electron chi connectivity index (χ3n) is 3.74. The van der Waals surface area contributed by atoms with Crippen molar-refractivity contribution in [3.05, 3.63) is 67.1 Å². The van der Waals surface area contributed by atoms with Gasteiger partial charge in [-0.3, -0.25) is 14.5 Å². The number of benzene rings is 2. The number of halogens is 4. The molecular formula is C16H7Cl4NO4. The largest absolute Gasteiger partial charge is 0.479 e. The molecule has 9 heteroatoms. The highest BCUT2D eigenvalue weighted by molar-refractivity contribution is 6.55. The van der Waals surface area contributed by atoms with Crippen LogP contribution in [0, 0.1) is 0 Å². The lowest BCUT2D eigenvalue weighted by Gasteiger charge is -2.22. The van der Waals surface area contributed by atoms with Crippen LogP contribution in [0.2, 0.25) is 20.1 Å². The summed E-state index contributed by atoms with van der Waals surface area (Å²) in [5, 5.41) is 8.73. The summed E-state index contributed by atoms with van der Waals surface area (Å²) in [6.07, 6.45) is 0. The molecule has 0 bridgehead atoms. The highest BCUT2D eigenvalue weighted by Crippen LogP contribution is 2.46. The Hall–Kier alpha value is -1.79. The van der Waals surface area contributed by atoms with E-state index in [0.29, 0.717) is 4.90 Å². The van der Waals surface area contributed by atoms with Crippen LogP contribution in [0.15, 0.2) is 30.3 Å². The van der Waals surface area contributed by atoms with Crippen molar-refractivity contribution < 1.29 is 19.5 Å². The standard InChI is InChI=1S/C16H7Cl4NO4/c17-9-7-8(10(18)12(20)11(9)19)15(23)21(14(7)22)13(16(24)25)6-4-2-1-3-5-6/h1-5,13H,(H,24,25). The lowest BCUT2D eigenvalue weighted by molar-refractivity contribution is -0.141. The molecule has 0 fully saturated rings. The van der Waals surface area contributed by atoms with Gasteiger partial charge >= 0.3 is 5.97 Å². The molecule has 2 aromatic rings. The third-order valence-corrected chi connectivity index (χ3v) is 5.54. The Labute approximate surface area is 161 Å².